The summed E-state index contributed by atoms with van der Waals surface area (Å²) in [6.07, 6.45) is 7.65. The van der Waals surface area contributed by atoms with Crippen molar-refractivity contribution in [2.75, 3.05) is 12.9 Å². The lowest BCUT2D eigenvalue weighted by molar-refractivity contribution is -0.137. The van der Waals surface area contributed by atoms with Gasteiger partial charge in [0.2, 0.25) is 0 Å². The van der Waals surface area contributed by atoms with Crippen molar-refractivity contribution < 1.29 is 14.3 Å². The quantitative estimate of drug-likeness (QED) is 0.484. The second-order valence-corrected chi connectivity index (χ2v) is 6.30. The summed E-state index contributed by atoms with van der Waals surface area (Å²) in [5, 5.41) is 0. The lowest BCUT2D eigenvalue weighted by Crippen LogP contribution is -2.09. The van der Waals surface area contributed by atoms with Crippen molar-refractivity contribution in [1.82, 2.24) is 0 Å². The van der Waals surface area contributed by atoms with E-state index in [2.05, 4.69) is 0 Å². The molecule has 0 N–H and O–H groups in total. The molecule has 102 valence electrons. The number of Topliss-reactive ketones (excluding diaryl/α,β-unsaturated/α-hetero) is 1. The lowest BCUT2D eigenvalue weighted by Gasteiger charge is -2.11. The fourth-order valence-electron chi connectivity index (χ4n) is 2.15. The molecule has 0 atom stereocenters. The zero-order valence-corrected chi connectivity index (χ0v) is 12.7. The molecule has 0 unspecified atom stereocenters. The molecule has 0 spiro atoms. The molecule has 1 aromatic rings. The molecule has 2 rings (SSSR count). The Morgan fingerprint density at radius 2 is 2.26 bits per heavy atom. The number of ketones is 1. The van der Waals surface area contributed by atoms with Gasteiger partial charge in [0, 0.05) is 22.9 Å². The van der Waals surface area contributed by atoms with Gasteiger partial charge in [0.05, 0.1) is 10.8 Å². The molecule has 0 amide bonds. The third-order valence-electron chi connectivity index (χ3n) is 2.96. The van der Waals surface area contributed by atoms with Crippen molar-refractivity contribution in [3.05, 3.63) is 22.1 Å². The second-order valence-electron chi connectivity index (χ2n) is 4.17. The minimum absolute atomic E-state index is 0.234. The van der Waals surface area contributed by atoms with Gasteiger partial charge in [-0.1, -0.05) is 0 Å². The van der Waals surface area contributed by atoms with E-state index in [9.17, 15) is 9.59 Å². The van der Waals surface area contributed by atoms with E-state index in [1.54, 1.807) is 36.1 Å². The number of ether oxygens (including phenoxy) is 1. The lowest BCUT2D eigenvalue weighted by atomic mass is 9.92. The Kier molecular flexibility index (Phi) is 4.82. The monoisotopic (exact) mass is 296 g/mol. The molecule has 1 aliphatic carbocycles. The average Bonchev–Trinajstić information content (AvgIpc) is 2.76. The molecule has 0 fully saturated rings. The first-order valence-electron chi connectivity index (χ1n) is 6.25. The molecule has 5 heteroatoms. The molecule has 0 radical (unpaired) electrons. The minimum atomic E-state index is -0.336. The SMILES string of the molecule is CCOC(=O)C=Cc1sc(SC)c2c1CCCC2=O. The summed E-state index contributed by atoms with van der Waals surface area (Å²) in [5.41, 5.74) is 1.98. The first-order valence-corrected chi connectivity index (χ1v) is 8.29. The molecule has 0 bridgehead atoms. The number of esters is 1. The van der Waals surface area contributed by atoms with E-state index in [0.29, 0.717) is 13.0 Å². The predicted molar refractivity (Wildman–Crippen MR) is 79.0 cm³/mol. The highest BCUT2D eigenvalue weighted by molar-refractivity contribution is 8.00. The standard InChI is InChI=1S/C14H16O3S2/c1-3-17-12(16)8-7-11-9-5-4-6-10(15)13(9)14(18-2)19-11/h7-8H,3-6H2,1-2H3. The Labute approximate surface area is 121 Å². The third-order valence-corrected chi connectivity index (χ3v) is 5.28. The molecular formula is C14H16O3S2. The van der Waals surface area contributed by atoms with Gasteiger partial charge in [0.15, 0.2) is 5.78 Å². The number of rotatable bonds is 4. The Bertz CT molecular complexity index is 529. The van der Waals surface area contributed by atoms with E-state index in [1.165, 1.54) is 6.08 Å². The van der Waals surface area contributed by atoms with Crippen LogP contribution in [-0.2, 0) is 16.0 Å². The highest BCUT2D eigenvalue weighted by Crippen LogP contribution is 2.39. The van der Waals surface area contributed by atoms with Gasteiger partial charge >= 0.3 is 5.97 Å². The minimum Gasteiger partial charge on any atom is -0.463 e. The van der Waals surface area contributed by atoms with Crippen LogP contribution in [-0.4, -0.2) is 24.6 Å². The van der Waals surface area contributed by atoms with Crippen LogP contribution in [0, 0.1) is 0 Å². The molecule has 0 saturated heterocycles. The number of carbonyl (C=O) groups excluding carboxylic acids is 2. The molecule has 0 aliphatic heterocycles. The van der Waals surface area contributed by atoms with E-state index in [-0.39, 0.29) is 11.8 Å². The summed E-state index contributed by atoms with van der Waals surface area (Å²) in [7, 11) is 0. The maximum atomic E-state index is 12.0. The molecular weight excluding hydrogens is 280 g/mol. The van der Waals surface area contributed by atoms with Crippen molar-refractivity contribution in [3.63, 3.8) is 0 Å². The van der Waals surface area contributed by atoms with Crippen LogP contribution in [0.3, 0.4) is 0 Å². The van der Waals surface area contributed by atoms with E-state index in [4.69, 9.17) is 4.74 Å². The van der Waals surface area contributed by atoms with E-state index >= 15 is 0 Å². The first-order chi connectivity index (χ1) is 9.17. The van der Waals surface area contributed by atoms with Crippen LogP contribution in [0.25, 0.3) is 6.08 Å². The topological polar surface area (TPSA) is 43.4 Å². The third kappa shape index (κ3) is 3.09. The first kappa shape index (κ1) is 14.3. The Morgan fingerprint density at radius 3 is 2.95 bits per heavy atom. The van der Waals surface area contributed by atoms with Gasteiger partial charge in [-0.2, -0.15) is 0 Å². The van der Waals surface area contributed by atoms with Crippen molar-refractivity contribution >= 4 is 40.9 Å². The van der Waals surface area contributed by atoms with Crippen molar-refractivity contribution in [2.45, 2.75) is 30.4 Å². The van der Waals surface area contributed by atoms with Crippen molar-refractivity contribution in [3.8, 4) is 0 Å². The fraction of sp³-hybridized carbons (Fsp3) is 0.429. The maximum absolute atomic E-state index is 12.0. The molecule has 1 aliphatic rings. The van der Waals surface area contributed by atoms with E-state index in [0.717, 1.165) is 33.1 Å². The summed E-state index contributed by atoms with van der Waals surface area (Å²) >= 11 is 3.19. The molecule has 1 heterocycles. The van der Waals surface area contributed by atoms with Gasteiger partial charge in [0.1, 0.15) is 0 Å². The molecule has 0 saturated carbocycles. The van der Waals surface area contributed by atoms with Gasteiger partial charge in [-0.15, -0.1) is 23.1 Å². The number of hydrogen-bond donors (Lipinski definition) is 0. The van der Waals surface area contributed by atoms with Gasteiger partial charge < -0.3 is 4.74 Å². The van der Waals surface area contributed by atoms with Crippen LogP contribution in [0.4, 0.5) is 0 Å². The van der Waals surface area contributed by atoms with Gasteiger partial charge in [-0.25, -0.2) is 4.79 Å². The predicted octanol–water partition coefficient (Wildman–Crippen LogP) is 3.57. The summed E-state index contributed by atoms with van der Waals surface area (Å²) in [4.78, 5) is 24.4. The molecule has 3 nitrogen and oxygen atoms in total. The van der Waals surface area contributed by atoms with Crippen molar-refractivity contribution in [1.29, 1.82) is 0 Å². The van der Waals surface area contributed by atoms with Crippen LogP contribution >= 0.6 is 23.1 Å². The Hall–Kier alpha value is -1.07. The van der Waals surface area contributed by atoms with Gasteiger partial charge in [-0.05, 0) is 37.7 Å². The summed E-state index contributed by atoms with van der Waals surface area (Å²) in [6, 6.07) is 0. The molecule has 19 heavy (non-hydrogen) atoms. The van der Waals surface area contributed by atoms with E-state index < -0.39 is 0 Å². The number of hydrogen-bond acceptors (Lipinski definition) is 5. The average molecular weight is 296 g/mol. The van der Waals surface area contributed by atoms with Gasteiger partial charge in [0.25, 0.3) is 0 Å². The van der Waals surface area contributed by atoms with Crippen LogP contribution in [0.2, 0.25) is 0 Å². The van der Waals surface area contributed by atoms with Gasteiger partial charge in [-0.3, -0.25) is 4.79 Å². The van der Waals surface area contributed by atoms with Crippen LogP contribution in [0.15, 0.2) is 10.3 Å². The summed E-state index contributed by atoms with van der Waals surface area (Å²) in [5.74, 6) is -0.102. The summed E-state index contributed by atoms with van der Waals surface area (Å²) < 4.78 is 5.93. The van der Waals surface area contributed by atoms with Crippen LogP contribution < -0.4 is 0 Å². The van der Waals surface area contributed by atoms with Crippen LogP contribution in [0.1, 0.15) is 40.6 Å². The number of thiophene rings is 1. The zero-order valence-electron chi connectivity index (χ0n) is 11.0. The van der Waals surface area contributed by atoms with Crippen molar-refractivity contribution in [2.24, 2.45) is 0 Å². The zero-order chi connectivity index (χ0) is 13.8. The van der Waals surface area contributed by atoms with Crippen LogP contribution in [0.5, 0.6) is 0 Å². The Morgan fingerprint density at radius 1 is 1.47 bits per heavy atom. The number of fused-ring (bicyclic) bond motifs is 1. The fourth-order valence-corrected chi connectivity index (χ4v) is 4.20. The second kappa shape index (κ2) is 6.39. The maximum Gasteiger partial charge on any atom is 0.330 e. The summed E-state index contributed by atoms with van der Waals surface area (Å²) in [6.45, 7) is 2.16. The molecule has 0 aromatic carbocycles. The Balaban J connectivity index is 2.32. The van der Waals surface area contributed by atoms with E-state index in [1.807, 2.05) is 6.26 Å². The number of carbonyl (C=O) groups is 2. The highest BCUT2D eigenvalue weighted by Gasteiger charge is 2.25. The molecule has 1 aromatic heterocycles. The smallest absolute Gasteiger partial charge is 0.330 e. The highest BCUT2D eigenvalue weighted by atomic mass is 32.2. The number of thioether (sulfide) groups is 1. The normalized spacial score (nSPS) is 14.7. The largest absolute Gasteiger partial charge is 0.463 e.